The van der Waals surface area contributed by atoms with E-state index in [0.29, 0.717) is 0 Å². The first-order valence-corrected chi connectivity index (χ1v) is 13.9. The summed E-state index contributed by atoms with van der Waals surface area (Å²) >= 11 is 0. The van der Waals surface area contributed by atoms with Gasteiger partial charge in [-0.3, -0.25) is 38.4 Å². The van der Waals surface area contributed by atoms with Crippen LogP contribution in [0.15, 0.2) is 0 Å². The number of nitrogens with two attached hydrogens (primary N) is 2. The first kappa shape index (κ1) is 36.4. The number of hydrogen-bond acceptors (Lipinski definition) is 12. The van der Waals surface area contributed by atoms with Crippen molar-refractivity contribution in [3.8, 4) is 0 Å². The zero-order valence-electron chi connectivity index (χ0n) is 21.0. The minimum absolute atomic E-state index is 0.155. The molecule has 18 nitrogen and oxygen atoms in total. The molecule has 0 spiro atoms. The summed E-state index contributed by atoms with van der Waals surface area (Å²) in [4.78, 5) is 92.3. The van der Waals surface area contributed by atoms with Gasteiger partial charge in [0.05, 0.1) is 0 Å². The molecule has 0 aliphatic rings. The van der Waals surface area contributed by atoms with Crippen molar-refractivity contribution in [1.29, 1.82) is 0 Å². The van der Waals surface area contributed by atoms with Gasteiger partial charge in [-0.15, -0.1) is 0 Å². The van der Waals surface area contributed by atoms with Crippen LogP contribution in [0.3, 0.4) is 0 Å². The van der Waals surface area contributed by atoms with Gasteiger partial charge in [0.25, 0.3) is 0 Å². The van der Waals surface area contributed by atoms with Crippen LogP contribution in [-0.2, 0) is 38.4 Å². The van der Waals surface area contributed by atoms with E-state index in [9.17, 15) is 38.4 Å². The van der Waals surface area contributed by atoms with Gasteiger partial charge >= 0.3 is 23.9 Å². The molecular formula is C20H32N6O12S2. The van der Waals surface area contributed by atoms with Crippen LogP contribution in [0.4, 0.5) is 0 Å². The normalized spacial score (nSPS) is 13.6. The number of nitrogens with one attached hydrogen (secondary N) is 4. The lowest BCUT2D eigenvalue weighted by Crippen LogP contribution is -2.50. The van der Waals surface area contributed by atoms with Crippen LogP contribution in [0.5, 0.6) is 0 Å². The Hall–Kier alpha value is -3.62. The lowest BCUT2D eigenvalue weighted by atomic mass is 10.1. The fourth-order valence-electron chi connectivity index (χ4n) is 2.52. The maximum atomic E-state index is 12.4. The van der Waals surface area contributed by atoms with Crippen molar-refractivity contribution >= 4 is 69.1 Å². The smallest absolute Gasteiger partial charge is 0.322 e. The van der Waals surface area contributed by atoms with E-state index < -0.39 is 84.8 Å². The highest BCUT2D eigenvalue weighted by molar-refractivity contribution is 8.76. The first-order chi connectivity index (χ1) is 18.6. The predicted molar refractivity (Wildman–Crippen MR) is 140 cm³/mol. The molecule has 0 radical (unpaired) electrons. The molecule has 4 atom stereocenters. The van der Waals surface area contributed by atoms with E-state index in [1.54, 1.807) is 0 Å². The van der Waals surface area contributed by atoms with E-state index in [1.807, 2.05) is 0 Å². The topological polar surface area (TPSA) is 318 Å². The molecule has 0 saturated carbocycles. The highest BCUT2D eigenvalue weighted by Gasteiger charge is 2.25. The number of rotatable bonds is 21. The summed E-state index contributed by atoms with van der Waals surface area (Å²) in [5.41, 5.74) is 10.7. The monoisotopic (exact) mass is 612 g/mol. The molecule has 4 amide bonds. The number of carboxylic acid groups (broad SMARTS) is 4. The number of carboxylic acids is 4. The van der Waals surface area contributed by atoms with Crippen LogP contribution in [-0.4, -0.2) is 117 Å². The minimum Gasteiger partial charge on any atom is -0.480 e. The highest BCUT2D eigenvalue weighted by Crippen LogP contribution is 2.23. The van der Waals surface area contributed by atoms with Gasteiger partial charge in [0, 0.05) is 24.3 Å². The molecule has 226 valence electrons. The third kappa shape index (κ3) is 17.1. The van der Waals surface area contributed by atoms with Crippen molar-refractivity contribution in [3.05, 3.63) is 0 Å². The fraction of sp³-hybridized carbons (Fsp3) is 0.600. The Morgan fingerprint density at radius 3 is 1.20 bits per heavy atom. The average Bonchev–Trinajstić information content (AvgIpc) is 2.87. The Kier molecular flexibility index (Phi) is 17.7. The van der Waals surface area contributed by atoms with E-state index in [-0.39, 0.29) is 37.2 Å². The van der Waals surface area contributed by atoms with Gasteiger partial charge in [-0.1, -0.05) is 21.6 Å². The number of hydrogen-bond donors (Lipinski definition) is 10. The third-order valence-electron chi connectivity index (χ3n) is 4.68. The van der Waals surface area contributed by atoms with Gasteiger partial charge in [-0.05, 0) is 12.8 Å². The maximum Gasteiger partial charge on any atom is 0.322 e. The van der Waals surface area contributed by atoms with E-state index in [1.165, 1.54) is 0 Å². The van der Waals surface area contributed by atoms with Crippen molar-refractivity contribution in [2.75, 3.05) is 24.6 Å². The van der Waals surface area contributed by atoms with Crippen LogP contribution >= 0.6 is 21.6 Å². The molecule has 0 saturated heterocycles. The number of carbonyl (C=O) groups is 8. The molecule has 0 aromatic heterocycles. The van der Waals surface area contributed by atoms with Crippen molar-refractivity contribution in [3.63, 3.8) is 0 Å². The van der Waals surface area contributed by atoms with Crippen molar-refractivity contribution in [1.82, 2.24) is 21.3 Å². The summed E-state index contributed by atoms with van der Waals surface area (Å²) in [6, 6.07) is -5.16. The Labute approximate surface area is 235 Å². The van der Waals surface area contributed by atoms with Gasteiger partial charge in [0.2, 0.25) is 23.6 Å². The Morgan fingerprint density at radius 1 is 0.600 bits per heavy atom. The standard InChI is InChI=1S/C20H32N6O12S2/c21-9(19(35)36)1-3-13(27)25-11(17(33)23-5-15(29)30)7-39-40-8-12(18(34)24-6-16(31)32)26-14(28)4-2-10(22)20(37)38/h9-12H,1-8,21-22H2,(H,23,33)(H,24,34)(H,25,27)(H,26,28)(H,29,30)(H,31,32)(H,35,36)(H,37,38)/t9-,10-,11-,12+/m1/s1. The average molecular weight is 613 g/mol. The molecule has 0 aromatic rings. The number of amides is 4. The van der Waals surface area contributed by atoms with Gasteiger partial charge in [-0.25, -0.2) is 0 Å². The molecule has 40 heavy (non-hydrogen) atoms. The molecule has 0 aromatic carbocycles. The quantitative estimate of drug-likeness (QED) is 0.0437. The number of aliphatic carboxylic acids is 4. The maximum absolute atomic E-state index is 12.4. The van der Waals surface area contributed by atoms with E-state index in [4.69, 9.17) is 31.9 Å². The molecule has 0 bridgehead atoms. The Balaban J connectivity index is 5.18. The second-order valence-corrected chi connectivity index (χ2v) is 10.6. The van der Waals surface area contributed by atoms with Crippen LogP contribution in [0.25, 0.3) is 0 Å². The SMILES string of the molecule is N[C@H](CCC(=O)N[C@@H](CSSC[C@@H](NC(=O)CC[C@@H](N)C(=O)O)C(=O)NCC(=O)O)C(=O)NCC(=O)O)C(=O)O. The molecular weight excluding hydrogens is 580 g/mol. The van der Waals surface area contributed by atoms with Crippen molar-refractivity contribution in [2.24, 2.45) is 11.5 Å². The Morgan fingerprint density at radius 2 is 0.925 bits per heavy atom. The van der Waals surface area contributed by atoms with Crippen LogP contribution < -0.4 is 32.7 Å². The lowest BCUT2D eigenvalue weighted by molar-refractivity contribution is -0.140. The van der Waals surface area contributed by atoms with Gasteiger partial charge in [0.1, 0.15) is 37.3 Å². The van der Waals surface area contributed by atoms with Crippen molar-refractivity contribution in [2.45, 2.75) is 49.9 Å². The van der Waals surface area contributed by atoms with E-state index in [2.05, 4.69) is 21.3 Å². The second-order valence-electron chi connectivity index (χ2n) is 8.00. The summed E-state index contributed by atoms with van der Waals surface area (Å²) in [5, 5.41) is 44.1. The third-order valence-corrected chi connectivity index (χ3v) is 7.11. The van der Waals surface area contributed by atoms with E-state index in [0.717, 1.165) is 21.6 Å². The molecule has 0 aliphatic heterocycles. The first-order valence-electron chi connectivity index (χ1n) is 11.4. The van der Waals surface area contributed by atoms with Crippen LogP contribution in [0, 0.1) is 0 Å². The highest BCUT2D eigenvalue weighted by atomic mass is 33.1. The second kappa shape index (κ2) is 19.4. The zero-order valence-corrected chi connectivity index (χ0v) is 22.6. The summed E-state index contributed by atoms with van der Waals surface area (Å²) in [7, 11) is 1.89. The van der Waals surface area contributed by atoms with Crippen LogP contribution in [0.1, 0.15) is 25.7 Å². The Bertz CT molecular complexity index is 879. The fourth-order valence-corrected chi connectivity index (χ4v) is 4.85. The molecule has 0 fully saturated rings. The molecule has 12 N–H and O–H groups in total. The summed E-state index contributed by atoms with van der Waals surface area (Å²) < 4.78 is 0. The summed E-state index contributed by atoms with van der Waals surface area (Å²) in [5.74, 6) is -8.81. The number of carbonyl (C=O) groups excluding carboxylic acids is 4. The molecule has 20 heteroatoms. The predicted octanol–water partition coefficient (Wildman–Crippen LogP) is -3.88. The van der Waals surface area contributed by atoms with Gasteiger partial charge in [0.15, 0.2) is 0 Å². The molecule has 0 rings (SSSR count). The van der Waals surface area contributed by atoms with Crippen LogP contribution in [0.2, 0.25) is 0 Å². The molecule has 0 heterocycles. The van der Waals surface area contributed by atoms with Gasteiger partial charge in [-0.2, -0.15) is 0 Å². The summed E-state index contributed by atoms with van der Waals surface area (Å²) in [6.45, 7) is -1.48. The summed E-state index contributed by atoms with van der Waals surface area (Å²) in [6.07, 6.45) is -1.12. The molecule has 0 unspecified atom stereocenters. The lowest BCUT2D eigenvalue weighted by Gasteiger charge is -2.20. The van der Waals surface area contributed by atoms with E-state index >= 15 is 0 Å². The van der Waals surface area contributed by atoms with Crippen molar-refractivity contribution < 1.29 is 58.8 Å². The molecule has 0 aliphatic carbocycles. The zero-order chi connectivity index (χ0) is 30.8. The largest absolute Gasteiger partial charge is 0.480 e. The van der Waals surface area contributed by atoms with Gasteiger partial charge < -0.3 is 53.2 Å². The minimum atomic E-state index is -1.34.